The lowest BCUT2D eigenvalue weighted by molar-refractivity contribution is 0.414. The van der Waals surface area contributed by atoms with Crippen LogP contribution in [0.2, 0.25) is 0 Å². The summed E-state index contributed by atoms with van der Waals surface area (Å²) in [7, 11) is 3.77. The van der Waals surface area contributed by atoms with Crippen LogP contribution < -0.4 is 10.1 Å². The van der Waals surface area contributed by atoms with E-state index in [0.717, 1.165) is 12.2 Å². The SMILES string of the molecule is CNC(Cc1ccc(OC)cc1)C1=CCCCC1. The fourth-order valence-corrected chi connectivity index (χ4v) is 2.60. The summed E-state index contributed by atoms with van der Waals surface area (Å²) in [6, 6.07) is 8.88. The molecular formula is C16H23NO. The second-order valence-corrected chi connectivity index (χ2v) is 4.92. The Kier molecular flexibility index (Phi) is 4.82. The quantitative estimate of drug-likeness (QED) is 0.803. The molecule has 0 spiro atoms. The number of likely N-dealkylation sites (N-methyl/N-ethyl adjacent to an activating group) is 1. The van der Waals surface area contributed by atoms with Gasteiger partial charge in [-0.15, -0.1) is 0 Å². The predicted molar refractivity (Wildman–Crippen MR) is 76.1 cm³/mol. The first-order valence-electron chi connectivity index (χ1n) is 6.82. The average Bonchev–Trinajstić information content (AvgIpc) is 2.46. The molecule has 0 bridgehead atoms. The molecule has 98 valence electrons. The first kappa shape index (κ1) is 13.2. The van der Waals surface area contributed by atoms with Crippen LogP contribution in [-0.4, -0.2) is 20.2 Å². The summed E-state index contributed by atoms with van der Waals surface area (Å²) in [6.07, 6.45) is 8.67. The van der Waals surface area contributed by atoms with Gasteiger partial charge in [-0.1, -0.05) is 23.8 Å². The van der Waals surface area contributed by atoms with Gasteiger partial charge in [0.1, 0.15) is 5.75 Å². The predicted octanol–water partition coefficient (Wildman–Crippen LogP) is 3.33. The normalized spacial score (nSPS) is 17.1. The van der Waals surface area contributed by atoms with Crippen molar-refractivity contribution in [3.8, 4) is 5.75 Å². The van der Waals surface area contributed by atoms with Crippen LogP contribution >= 0.6 is 0 Å². The van der Waals surface area contributed by atoms with Crippen molar-refractivity contribution in [2.24, 2.45) is 0 Å². The van der Waals surface area contributed by atoms with E-state index < -0.39 is 0 Å². The summed E-state index contributed by atoms with van der Waals surface area (Å²) < 4.78 is 5.19. The van der Waals surface area contributed by atoms with Gasteiger partial charge >= 0.3 is 0 Å². The molecule has 1 aromatic rings. The Morgan fingerprint density at radius 1 is 1.22 bits per heavy atom. The molecule has 0 aromatic heterocycles. The number of nitrogens with one attached hydrogen (secondary N) is 1. The molecule has 1 aromatic carbocycles. The molecule has 1 atom stereocenters. The number of hydrogen-bond acceptors (Lipinski definition) is 2. The van der Waals surface area contributed by atoms with Gasteiger partial charge < -0.3 is 10.1 Å². The van der Waals surface area contributed by atoms with Gasteiger partial charge in [0.25, 0.3) is 0 Å². The number of hydrogen-bond donors (Lipinski definition) is 1. The van der Waals surface area contributed by atoms with E-state index in [1.54, 1.807) is 12.7 Å². The highest BCUT2D eigenvalue weighted by Crippen LogP contribution is 2.23. The molecule has 2 heteroatoms. The van der Waals surface area contributed by atoms with Gasteiger partial charge in [0.15, 0.2) is 0 Å². The molecule has 1 unspecified atom stereocenters. The summed E-state index contributed by atoms with van der Waals surface area (Å²) in [5, 5.41) is 3.45. The molecule has 1 aliphatic rings. The minimum atomic E-state index is 0.485. The van der Waals surface area contributed by atoms with Crippen LogP contribution in [0.1, 0.15) is 31.2 Å². The Balaban J connectivity index is 2.02. The molecule has 0 saturated heterocycles. The van der Waals surface area contributed by atoms with Crippen LogP contribution in [0, 0.1) is 0 Å². The minimum Gasteiger partial charge on any atom is -0.497 e. The van der Waals surface area contributed by atoms with Crippen LogP contribution in [0.15, 0.2) is 35.9 Å². The Morgan fingerprint density at radius 2 is 2.00 bits per heavy atom. The van der Waals surface area contributed by atoms with Gasteiger partial charge in [0, 0.05) is 6.04 Å². The first-order chi connectivity index (χ1) is 8.83. The van der Waals surface area contributed by atoms with E-state index in [1.807, 2.05) is 12.1 Å². The summed E-state index contributed by atoms with van der Waals surface area (Å²) in [5.74, 6) is 0.927. The molecule has 0 heterocycles. The Morgan fingerprint density at radius 3 is 2.56 bits per heavy atom. The third kappa shape index (κ3) is 3.36. The largest absolute Gasteiger partial charge is 0.497 e. The van der Waals surface area contributed by atoms with E-state index in [4.69, 9.17) is 4.74 Å². The third-order valence-electron chi connectivity index (χ3n) is 3.72. The zero-order valence-corrected chi connectivity index (χ0v) is 11.4. The van der Waals surface area contributed by atoms with Gasteiger partial charge in [-0.2, -0.15) is 0 Å². The van der Waals surface area contributed by atoms with Crippen molar-refractivity contribution < 1.29 is 4.74 Å². The van der Waals surface area contributed by atoms with Crippen LogP contribution in [-0.2, 0) is 6.42 Å². The lowest BCUT2D eigenvalue weighted by Crippen LogP contribution is -2.30. The van der Waals surface area contributed by atoms with Gasteiger partial charge in [0.2, 0.25) is 0 Å². The molecule has 0 aliphatic heterocycles. The lowest BCUT2D eigenvalue weighted by atomic mass is 9.90. The molecule has 0 radical (unpaired) electrons. The Labute approximate surface area is 110 Å². The van der Waals surface area contributed by atoms with E-state index in [1.165, 1.54) is 31.2 Å². The molecule has 18 heavy (non-hydrogen) atoms. The second kappa shape index (κ2) is 6.60. The van der Waals surface area contributed by atoms with Crippen LogP contribution in [0.25, 0.3) is 0 Å². The summed E-state index contributed by atoms with van der Waals surface area (Å²) in [4.78, 5) is 0. The molecule has 0 saturated carbocycles. The zero-order chi connectivity index (χ0) is 12.8. The smallest absolute Gasteiger partial charge is 0.118 e. The number of benzene rings is 1. The molecule has 0 amide bonds. The van der Waals surface area contributed by atoms with Crippen LogP contribution in [0.4, 0.5) is 0 Å². The molecule has 2 nitrogen and oxygen atoms in total. The highest BCUT2D eigenvalue weighted by Gasteiger charge is 2.14. The molecule has 0 fully saturated rings. The summed E-state index contributed by atoms with van der Waals surface area (Å²) >= 11 is 0. The van der Waals surface area contributed by atoms with Gasteiger partial charge in [-0.25, -0.2) is 0 Å². The van der Waals surface area contributed by atoms with Crippen LogP contribution in [0.5, 0.6) is 5.75 Å². The molecule has 1 aliphatic carbocycles. The van der Waals surface area contributed by atoms with Crippen molar-refractivity contribution in [1.29, 1.82) is 0 Å². The Hall–Kier alpha value is -1.28. The Bertz CT molecular complexity index is 394. The minimum absolute atomic E-state index is 0.485. The number of rotatable bonds is 5. The van der Waals surface area contributed by atoms with Crippen molar-refractivity contribution >= 4 is 0 Å². The van der Waals surface area contributed by atoms with Crippen molar-refractivity contribution in [3.05, 3.63) is 41.5 Å². The van der Waals surface area contributed by atoms with Crippen LogP contribution in [0.3, 0.4) is 0 Å². The van der Waals surface area contributed by atoms with Crippen molar-refractivity contribution in [3.63, 3.8) is 0 Å². The van der Waals surface area contributed by atoms with E-state index in [9.17, 15) is 0 Å². The number of methoxy groups -OCH3 is 1. The lowest BCUT2D eigenvalue weighted by Gasteiger charge is -2.23. The zero-order valence-electron chi connectivity index (χ0n) is 11.4. The van der Waals surface area contributed by atoms with Crippen molar-refractivity contribution in [2.75, 3.05) is 14.2 Å². The highest BCUT2D eigenvalue weighted by molar-refractivity contribution is 5.29. The maximum Gasteiger partial charge on any atom is 0.118 e. The second-order valence-electron chi connectivity index (χ2n) is 4.92. The van der Waals surface area contributed by atoms with Gasteiger partial charge in [-0.05, 0) is 56.8 Å². The number of allylic oxidation sites excluding steroid dienone is 1. The van der Waals surface area contributed by atoms with E-state index in [0.29, 0.717) is 6.04 Å². The fraction of sp³-hybridized carbons (Fsp3) is 0.500. The fourth-order valence-electron chi connectivity index (χ4n) is 2.60. The highest BCUT2D eigenvalue weighted by atomic mass is 16.5. The maximum absolute atomic E-state index is 5.19. The van der Waals surface area contributed by atoms with E-state index in [2.05, 4.69) is 30.6 Å². The van der Waals surface area contributed by atoms with Crippen molar-refractivity contribution in [1.82, 2.24) is 5.32 Å². The summed E-state index contributed by atoms with van der Waals surface area (Å²) in [5.41, 5.74) is 2.95. The van der Waals surface area contributed by atoms with E-state index in [-0.39, 0.29) is 0 Å². The molecule has 1 N–H and O–H groups in total. The third-order valence-corrected chi connectivity index (χ3v) is 3.72. The van der Waals surface area contributed by atoms with E-state index >= 15 is 0 Å². The topological polar surface area (TPSA) is 21.3 Å². The van der Waals surface area contributed by atoms with Gasteiger partial charge in [0.05, 0.1) is 7.11 Å². The molecular weight excluding hydrogens is 222 g/mol. The maximum atomic E-state index is 5.19. The average molecular weight is 245 g/mol. The number of ether oxygens (including phenoxy) is 1. The monoisotopic (exact) mass is 245 g/mol. The summed E-state index contributed by atoms with van der Waals surface area (Å²) in [6.45, 7) is 0. The first-order valence-corrected chi connectivity index (χ1v) is 6.82. The standard InChI is InChI=1S/C16H23NO/c1-17-16(14-6-4-3-5-7-14)12-13-8-10-15(18-2)11-9-13/h6,8-11,16-17H,3-5,7,12H2,1-2H3. The van der Waals surface area contributed by atoms with Gasteiger partial charge in [-0.3, -0.25) is 0 Å². The molecule has 2 rings (SSSR count). The van der Waals surface area contributed by atoms with Crippen molar-refractivity contribution in [2.45, 2.75) is 38.1 Å².